The Morgan fingerprint density at radius 2 is 1.43 bits per heavy atom. The van der Waals surface area contributed by atoms with E-state index in [9.17, 15) is 19.2 Å². The molecule has 3 aromatic carbocycles. The van der Waals surface area contributed by atoms with Gasteiger partial charge in [0.1, 0.15) is 0 Å². The molecule has 7 heteroatoms. The van der Waals surface area contributed by atoms with Gasteiger partial charge in [-0.15, -0.1) is 0 Å². The van der Waals surface area contributed by atoms with Gasteiger partial charge in [-0.05, 0) is 30.2 Å². The lowest BCUT2D eigenvalue weighted by Crippen LogP contribution is -2.50. The quantitative estimate of drug-likeness (QED) is 0.407. The van der Waals surface area contributed by atoms with E-state index in [4.69, 9.17) is 16.3 Å². The summed E-state index contributed by atoms with van der Waals surface area (Å²) >= 11 is 6.06. The number of halogens is 1. The Hall–Kier alpha value is -3.61. The molecule has 2 fully saturated rings. The molecule has 2 amide bonds. The number of nitrogens with zero attached hydrogens (tertiary/aromatic N) is 1. The van der Waals surface area contributed by atoms with E-state index in [-0.39, 0.29) is 17.7 Å². The first kappa shape index (κ1) is 21.9. The van der Waals surface area contributed by atoms with Crippen molar-refractivity contribution in [3.05, 3.63) is 106 Å². The van der Waals surface area contributed by atoms with E-state index in [2.05, 4.69) is 0 Å². The van der Waals surface area contributed by atoms with Gasteiger partial charge < -0.3 is 4.74 Å². The van der Waals surface area contributed by atoms with Crippen LogP contribution in [0.1, 0.15) is 43.5 Å². The van der Waals surface area contributed by atoms with Crippen LogP contribution >= 0.6 is 11.6 Å². The number of hydrogen-bond acceptors (Lipinski definition) is 5. The predicted molar refractivity (Wildman–Crippen MR) is 127 cm³/mol. The fraction of sp³-hybridized carbons (Fsp3) is 0.214. The highest BCUT2D eigenvalue weighted by molar-refractivity contribution is 6.35. The van der Waals surface area contributed by atoms with Crippen molar-refractivity contribution in [3.63, 3.8) is 0 Å². The molecule has 6 nitrogen and oxygen atoms in total. The van der Waals surface area contributed by atoms with Crippen molar-refractivity contribution in [2.45, 2.75) is 25.2 Å². The van der Waals surface area contributed by atoms with Crippen LogP contribution in [0, 0.1) is 18.8 Å². The van der Waals surface area contributed by atoms with Gasteiger partial charge in [0.15, 0.2) is 0 Å². The number of ketones is 2. The first-order valence-corrected chi connectivity index (χ1v) is 11.7. The van der Waals surface area contributed by atoms with Crippen LogP contribution in [-0.4, -0.2) is 33.9 Å². The van der Waals surface area contributed by atoms with Crippen molar-refractivity contribution in [1.82, 2.24) is 4.90 Å². The number of fused-ring (bicyclic) bond motifs is 3. The van der Waals surface area contributed by atoms with Crippen molar-refractivity contribution in [2.75, 3.05) is 0 Å². The lowest BCUT2D eigenvalue weighted by molar-refractivity contribution is -0.145. The number of rotatable bonds is 3. The van der Waals surface area contributed by atoms with Crippen molar-refractivity contribution in [1.29, 1.82) is 0 Å². The van der Waals surface area contributed by atoms with Gasteiger partial charge in [-0.2, -0.15) is 0 Å². The van der Waals surface area contributed by atoms with Crippen LogP contribution in [-0.2, 0) is 20.9 Å². The molecule has 0 saturated carbocycles. The fourth-order valence-corrected chi connectivity index (χ4v) is 5.69. The Morgan fingerprint density at radius 3 is 2.03 bits per heavy atom. The van der Waals surface area contributed by atoms with E-state index in [1.54, 1.807) is 48.5 Å². The maximum Gasteiger partial charge on any atom is 0.237 e. The highest BCUT2D eigenvalue weighted by Crippen LogP contribution is 2.57. The lowest BCUT2D eigenvalue weighted by atomic mass is 9.77. The predicted octanol–water partition coefficient (Wildman–Crippen LogP) is 4.34. The molecule has 0 radical (unpaired) electrons. The molecule has 6 rings (SSSR count). The molecule has 3 aromatic rings. The van der Waals surface area contributed by atoms with Gasteiger partial charge in [-0.3, -0.25) is 24.1 Å². The number of likely N-dealkylation sites (tertiary alicyclic amines) is 1. The number of amides is 2. The largest absolute Gasteiger partial charge is 0.349 e. The zero-order chi connectivity index (χ0) is 24.5. The molecule has 2 aliphatic heterocycles. The molecule has 2 saturated heterocycles. The zero-order valence-electron chi connectivity index (χ0n) is 18.7. The van der Waals surface area contributed by atoms with Crippen LogP contribution in [0.4, 0.5) is 0 Å². The van der Waals surface area contributed by atoms with Gasteiger partial charge >= 0.3 is 0 Å². The number of benzene rings is 3. The Balaban J connectivity index is 1.48. The third kappa shape index (κ3) is 3.00. The molecular formula is C28H20ClNO5. The average molecular weight is 486 g/mol. The van der Waals surface area contributed by atoms with Gasteiger partial charge in [0.25, 0.3) is 0 Å². The van der Waals surface area contributed by atoms with Gasteiger partial charge in [-0.1, -0.05) is 77.8 Å². The van der Waals surface area contributed by atoms with Gasteiger partial charge in [-0.25, -0.2) is 0 Å². The van der Waals surface area contributed by atoms with Crippen molar-refractivity contribution < 1.29 is 23.9 Å². The number of ether oxygens (including phenoxy) is 1. The minimum absolute atomic E-state index is 0.0592. The molecule has 3 atom stereocenters. The molecule has 1 spiro atoms. The highest BCUT2D eigenvalue weighted by atomic mass is 35.5. The Kier molecular flexibility index (Phi) is 4.82. The second kappa shape index (κ2) is 7.70. The summed E-state index contributed by atoms with van der Waals surface area (Å²) in [6.07, 6.45) is -0.945. The van der Waals surface area contributed by atoms with Crippen LogP contribution in [0.25, 0.3) is 0 Å². The second-order valence-electron chi connectivity index (χ2n) is 9.28. The standard InChI is InChI=1S/C28H20ClNO5/c1-15-6-8-16(9-7-15)14-30-26(33)21-22(27(30)34)28(35-23(21)17-10-12-18(29)13-11-17)24(31)19-4-2-3-5-20(19)25(28)32/h2-13,21-23H,14H2,1H3/t21-,22+,23+/m0/s1. The number of hydrogen-bond donors (Lipinski definition) is 0. The van der Waals surface area contributed by atoms with Crippen LogP contribution in [0.2, 0.25) is 5.02 Å². The normalized spacial score (nSPS) is 24.4. The monoisotopic (exact) mass is 485 g/mol. The molecule has 2 heterocycles. The summed E-state index contributed by atoms with van der Waals surface area (Å²) in [7, 11) is 0. The van der Waals surface area contributed by atoms with Crippen LogP contribution in [0.5, 0.6) is 0 Å². The second-order valence-corrected chi connectivity index (χ2v) is 9.72. The smallest absolute Gasteiger partial charge is 0.237 e. The molecular weight excluding hydrogens is 466 g/mol. The minimum atomic E-state index is -2.06. The molecule has 35 heavy (non-hydrogen) atoms. The highest BCUT2D eigenvalue weighted by Gasteiger charge is 2.74. The van der Waals surface area contributed by atoms with Crippen LogP contribution in [0.15, 0.2) is 72.8 Å². The zero-order valence-corrected chi connectivity index (χ0v) is 19.5. The van der Waals surface area contributed by atoms with E-state index in [0.29, 0.717) is 10.6 Å². The summed E-state index contributed by atoms with van der Waals surface area (Å²) in [5.74, 6) is -4.39. The number of aryl methyl sites for hydroxylation is 1. The third-order valence-electron chi connectivity index (χ3n) is 7.27. The van der Waals surface area contributed by atoms with Gasteiger partial charge in [0.05, 0.1) is 24.5 Å². The average Bonchev–Trinajstić information content (AvgIpc) is 3.42. The van der Waals surface area contributed by atoms with Crippen molar-refractivity contribution in [3.8, 4) is 0 Å². The number of Topliss-reactive ketones (excluding diaryl/α,β-unsaturated/α-hetero) is 2. The first-order valence-electron chi connectivity index (χ1n) is 11.4. The SMILES string of the molecule is Cc1ccc(CN2C(=O)[C@@H]3[C@@H](c4ccc(Cl)cc4)OC4(C(=O)c5ccccc5C4=O)[C@H]3C2=O)cc1. The molecule has 174 valence electrons. The molecule has 0 bridgehead atoms. The summed E-state index contributed by atoms with van der Waals surface area (Å²) in [4.78, 5) is 56.1. The number of carbonyl (C=O) groups excluding carboxylic acids is 4. The number of carbonyl (C=O) groups is 4. The lowest BCUT2D eigenvalue weighted by Gasteiger charge is -2.27. The topological polar surface area (TPSA) is 80.8 Å². The third-order valence-corrected chi connectivity index (χ3v) is 7.52. The first-order chi connectivity index (χ1) is 16.8. The van der Waals surface area contributed by atoms with Gasteiger partial charge in [0.2, 0.25) is 29.0 Å². The summed E-state index contributed by atoms with van der Waals surface area (Å²) < 4.78 is 6.25. The molecule has 0 aromatic heterocycles. The number of imide groups is 1. The molecule has 0 unspecified atom stereocenters. The molecule has 0 N–H and O–H groups in total. The summed E-state index contributed by atoms with van der Waals surface area (Å²) in [6.45, 7) is 2.01. The van der Waals surface area contributed by atoms with E-state index in [0.717, 1.165) is 16.0 Å². The summed E-state index contributed by atoms with van der Waals surface area (Å²) in [5.41, 5.74) is 0.780. The fourth-order valence-electron chi connectivity index (χ4n) is 5.56. The summed E-state index contributed by atoms with van der Waals surface area (Å²) in [6, 6.07) is 20.7. The van der Waals surface area contributed by atoms with Crippen molar-refractivity contribution in [2.24, 2.45) is 11.8 Å². The maximum atomic E-state index is 13.8. The summed E-state index contributed by atoms with van der Waals surface area (Å²) in [5, 5.41) is 0.494. The van der Waals surface area contributed by atoms with Crippen molar-refractivity contribution >= 4 is 35.0 Å². The molecule has 1 aliphatic carbocycles. The van der Waals surface area contributed by atoms with E-state index in [1.807, 2.05) is 31.2 Å². The molecule has 3 aliphatic rings. The van der Waals surface area contributed by atoms with E-state index < -0.39 is 46.9 Å². The van der Waals surface area contributed by atoms with Crippen LogP contribution in [0.3, 0.4) is 0 Å². The van der Waals surface area contributed by atoms with Gasteiger partial charge in [0, 0.05) is 16.1 Å². The Morgan fingerprint density at radius 1 is 0.829 bits per heavy atom. The Labute approximate surface area is 206 Å². The maximum absolute atomic E-state index is 13.8. The van der Waals surface area contributed by atoms with E-state index >= 15 is 0 Å². The van der Waals surface area contributed by atoms with Crippen LogP contribution < -0.4 is 0 Å². The van der Waals surface area contributed by atoms with E-state index in [1.165, 1.54) is 0 Å². The minimum Gasteiger partial charge on any atom is -0.349 e. The Bertz CT molecular complexity index is 1380.